The van der Waals surface area contributed by atoms with E-state index in [-0.39, 0.29) is 18.1 Å². The third-order valence-corrected chi connectivity index (χ3v) is 4.82. The quantitative estimate of drug-likeness (QED) is 0.460. The molecule has 7 heteroatoms. The van der Waals surface area contributed by atoms with E-state index in [9.17, 15) is 13.9 Å². The van der Waals surface area contributed by atoms with E-state index in [1.54, 1.807) is 12.1 Å². The van der Waals surface area contributed by atoms with Gasteiger partial charge in [-0.1, -0.05) is 48.5 Å². The number of benzene rings is 3. The highest BCUT2D eigenvalue weighted by Gasteiger charge is 2.14. The van der Waals surface area contributed by atoms with E-state index in [1.165, 1.54) is 13.2 Å². The van der Waals surface area contributed by atoms with E-state index < -0.39 is 12.7 Å². The third-order valence-electron chi connectivity index (χ3n) is 4.82. The monoisotopic (exact) mass is 443 g/mol. The van der Waals surface area contributed by atoms with Crippen molar-refractivity contribution in [3.63, 3.8) is 0 Å². The number of likely N-dealkylation sites (N-methyl/N-ethyl adjacent to an activating group) is 1. The highest BCUT2D eigenvalue weighted by Crippen LogP contribution is 2.30. The summed E-state index contributed by atoms with van der Waals surface area (Å²) in [5.41, 5.74) is 3.07. The van der Waals surface area contributed by atoms with E-state index in [0.717, 1.165) is 16.7 Å². The van der Waals surface area contributed by atoms with Gasteiger partial charge in [0.1, 0.15) is 18.5 Å². The van der Waals surface area contributed by atoms with E-state index in [0.29, 0.717) is 18.8 Å². The first-order valence-corrected chi connectivity index (χ1v) is 10.2. The number of nitrogens with zero attached hydrogens (tertiary/aromatic N) is 1. The van der Waals surface area contributed by atoms with Crippen LogP contribution in [0.2, 0.25) is 0 Å². The van der Waals surface area contributed by atoms with Crippen molar-refractivity contribution in [2.75, 3.05) is 27.3 Å². The van der Waals surface area contributed by atoms with E-state index >= 15 is 0 Å². The van der Waals surface area contributed by atoms with Crippen molar-refractivity contribution in [3.8, 4) is 28.4 Å². The first-order valence-electron chi connectivity index (χ1n) is 10.2. The number of halogens is 2. The van der Waals surface area contributed by atoms with Gasteiger partial charge in [-0.05, 0) is 48.0 Å². The molecule has 0 amide bonds. The normalized spacial score (nSPS) is 12.1. The average molecular weight is 443 g/mol. The number of ether oxygens (including phenoxy) is 3. The third kappa shape index (κ3) is 6.93. The van der Waals surface area contributed by atoms with Gasteiger partial charge >= 0.3 is 6.61 Å². The fourth-order valence-electron chi connectivity index (χ4n) is 3.36. The van der Waals surface area contributed by atoms with Crippen LogP contribution in [0.15, 0.2) is 72.8 Å². The van der Waals surface area contributed by atoms with Crippen LogP contribution in [0.5, 0.6) is 17.2 Å². The van der Waals surface area contributed by atoms with E-state index in [2.05, 4.69) is 4.74 Å². The molecule has 0 spiro atoms. The summed E-state index contributed by atoms with van der Waals surface area (Å²) >= 11 is 0. The smallest absolute Gasteiger partial charge is 0.387 e. The van der Waals surface area contributed by atoms with Crippen molar-refractivity contribution in [3.05, 3.63) is 78.4 Å². The summed E-state index contributed by atoms with van der Waals surface area (Å²) < 4.78 is 40.2. The van der Waals surface area contributed by atoms with Crippen LogP contribution in [-0.4, -0.2) is 50.0 Å². The largest absolute Gasteiger partial charge is 0.493 e. The first kappa shape index (κ1) is 23.5. The van der Waals surface area contributed by atoms with Crippen LogP contribution in [0.4, 0.5) is 8.78 Å². The topological polar surface area (TPSA) is 51.2 Å². The van der Waals surface area contributed by atoms with Gasteiger partial charge in [0, 0.05) is 13.1 Å². The molecule has 3 aromatic rings. The summed E-state index contributed by atoms with van der Waals surface area (Å²) in [6.45, 7) is -1.89. The Morgan fingerprint density at radius 1 is 0.906 bits per heavy atom. The second kappa shape index (κ2) is 11.5. The van der Waals surface area contributed by atoms with Crippen molar-refractivity contribution >= 4 is 0 Å². The van der Waals surface area contributed by atoms with E-state index in [4.69, 9.17) is 9.47 Å². The van der Waals surface area contributed by atoms with E-state index in [1.807, 2.05) is 66.5 Å². The van der Waals surface area contributed by atoms with Crippen molar-refractivity contribution in [2.24, 2.45) is 0 Å². The number of hydrogen-bond donors (Lipinski definition) is 1. The minimum Gasteiger partial charge on any atom is -0.493 e. The molecule has 0 saturated carbocycles. The molecule has 1 atom stereocenters. The molecule has 0 saturated heterocycles. The molecule has 0 aliphatic carbocycles. The Hall–Kier alpha value is -3.16. The fourth-order valence-corrected chi connectivity index (χ4v) is 3.36. The number of hydrogen-bond acceptors (Lipinski definition) is 5. The lowest BCUT2D eigenvalue weighted by Crippen LogP contribution is -2.32. The predicted octanol–water partition coefficient (Wildman–Crippen LogP) is 4.84. The van der Waals surface area contributed by atoms with Crippen molar-refractivity contribution < 1.29 is 28.1 Å². The molecular weight excluding hydrogens is 416 g/mol. The Morgan fingerprint density at radius 2 is 1.59 bits per heavy atom. The number of methoxy groups -OCH3 is 1. The summed E-state index contributed by atoms with van der Waals surface area (Å²) in [7, 11) is 3.25. The summed E-state index contributed by atoms with van der Waals surface area (Å²) in [6, 6.07) is 22.6. The highest BCUT2D eigenvalue weighted by atomic mass is 19.3. The molecule has 1 N–H and O–H groups in total. The Balaban J connectivity index is 1.48. The molecule has 5 nitrogen and oxygen atoms in total. The SMILES string of the molecule is COc1cc(CN(C)C[C@H](O)COc2ccc(-c3ccccc3)cc2)ccc1OC(F)F. The highest BCUT2D eigenvalue weighted by molar-refractivity contribution is 5.63. The predicted molar refractivity (Wildman–Crippen MR) is 119 cm³/mol. The molecule has 0 heterocycles. The minimum atomic E-state index is -2.91. The molecular formula is C25H27F2NO4. The molecule has 3 aromatic carbocycles. The zero-order chi connectivity index (χ0) is 22.9. The Bertz CT molecular complexity index is 967. The summed E-state index contributed by atoms with van der Waals surface area (Å²) in [6.07, 6.45) is -0.697. The van der Waals surface area contributed by atoms with Gasteiger partial charge in [0.05, 0.1) is 7.11 Å². The van der Waals surface area contributed by atoms with Crippen molar-refractivity contribution in [1.82, 2.24) is 4.90 Å². The molecule has 0 bridgehead atoms. The van der Waals surface area contributed by atoms with Gasteiger partial charge in [-0.15, -0.1) is 0 Å². The second-order valence-electron chi connectivity index (χ2n) is 7.42. The molecule has 0 aliphatic rings. The number of alkyl halides is 2. The molecule has 170 valence electrons. The standard InChI is InChI=1S/C25H27F2NO4/c1-28(15-18-8-13-23(32-25(26)27)24(14-18)30-2)16-21(29)17-31-22-11-9-20(10-12-22)19-6-4-3-5-7-19/h3-14,21,25,29H,15-17H2,1-2H3/t21-/m0/s1. The Labute approximate surface area is 186 Å². The molecule has 0 aromatic heterocycles. The van der Waals surface area contributed by atoms with Crippen LogP contribution in [0, 0.1) is 0 Å². The van der Waals surface area contributed by atoms with Crippen LogP contribution in [0.25, 0.3) is 11.1 Å². The number of aliphatic hydroxyl groups excluding tert-OH is 1. The lowest BCUT2D eigenvalue weighted by atomic mass is 10.1. The molecule has 0 unspecified atom stereocenters. The minimum absolute atomic E-state index is 0.0133. The summed E-state index contributed by atoms with van der Waals surface area (Å²) in [4.78, 5) is 1.91. The van der Waals surface area contributed by atoms with Crippen molar-refractivity contribution in [2.45, 2.75) is 19.3 Å². The van der Waals surface area contributed by atoms with Gasteiger partial charge in [-0.3, -0.25) is 4.90 Å². The second-order valence-corrected chi connectivity index (χ2v) is 7.42. The molecule has 0 radical (unpaired) electrons. The fraction of sp³-hybridized carbons (Fsp3) is 0.280. The van der Waals surface area contributed by atoms with Gasteiger partial charge in [-0.25, -0.2) is 0 Å². The van der Waals surface area contributed by atoms with Crippen LogP contribution < -0.4 is 14.2 Å². The van der Waals surface area contributed by atoms with Crippen LogP contribution in [-0.2, 0) is 6.54 Å². The maximum Gasteiger partial charge on any atom is 0.387 e. The van der Waals surface area contributed by atoms with Gasteiger partial charge in [0.2, 0.25) is 0 Å². The van der Waals surface area contributed by atoms with Gasteiger partial charge in [-0.2, -0.15) is 8.78 Å². The molecule has 3 rings (SSSR count). The van der Waals surface area contributed by atoms with Crippen LogP contribution in [0.3, 0.4) is 0 Å². The van der Waals surface area contributed by atoms with Crippen LogP contribution >= 0.6 is 0 Å². The average Bonchev–Trinajstić information content (AvgIpc) is 2.79. The summed E-state index contributed by atoms with van der Waals surface area (Å²) in [5, 5.41) is 10.3. The number of aliphatic hydroxyl groups is 1. The Morgan fingerprint density at radius 3 is 2.25 bits per heavy atom. The zero-order valence-electron chi connectivity index (χ0n) is 18.1. The first-order chi connectivity index (χ1) is 15.4. The Kier molecular flexibility index (Phi) is 8.41. The molecule has 32 heavy (non-hydrogen) atoms. The van der Waals surface area contributed by atoms with Gasteiger partial charge in [0.15, 0.2) is 11.5 Å². The van der Waals surface area contributed by atoms with Gasteiger partial charge < -0.3 is 19.3 Å². The van der Waals surface area contributed by atoms with Crippen molar-refractivity contribution in [1.29, 1.82) is 0 Å². The maximum atomic E-state index is 12.5. The maximum absolute atomic E-state index is 12.5. The van der Waals surface area contributed by atoms with Gasteiger partial charge in [0.25, 0.3) is 0 Å². The van der Waals surface area contributed by atoms with Crippen LogP contribution in [0.1, 0.15) is 5.56 Å². The lowest BCUT2D eigenvalue weighted by molar-refractivity contribution is -0.0512. The lowest BCUT2D eigenvalue weighted by Gasteiger charge is -2.21. The zero-order valence-corrected chi connectivity index (χ0v) is 18.1. The number of rotatable bonds is 11. The molecule has 0 aliphatic heterocycles. The molecule has 0 fully saturated rings. The summed E-state index contributed by atoms with van der Waals surface area (Å²) in [5.74, 6) is 0.908.